The molecule has 0 aliphatic rings. The van der Waals surface area contributed by atoms with Gasteiger partial charge in [0, 0.05) is 49.3 Å². The van der Waals surface area contributed by atoms with Crippen LogP contribution in [0.15, 0.2) is 237 Å². The molecule has 5 nitrogen and oxygen atoms in total. The topological polar surface area (TPSA) is 48.5 Å². The lowest BCUT2D eigenvalue weighted by Gasteiger charge is -2.15. The van der Waals surface area contributed by atoms with Crippen LogP contribution in [0.5, 0.6) is 0 Å². The smallest absolute Gasteiger partial charge is 0.164 e. The highest BCUT2D eigenvalue weighted by Crippen LogP contribution is 2.41. The van der Waals surface area contributed by atoms with Crippen molar-refractivity contribution >= 4 is 97.5 Å². The van der Waals surface area contributed by atoms with Crippen LogP contribution in [-0.4, -0.2) is 24.1 Å². The molecule has 0 N–H and O–H groups in total. The second kappa shape index (κ2) is 15.0. The molecule has 0 bridgehead atoms. The first kappa shape index (κ1) is 38.6. The fourth-order valence-electron chi connectivity index (χ4n) is 11.2. The number of aromatic nitrogens is 5. The minimum atomic E-state index is 0.622. The first-order valence-corrected chi connectivity index (χ1v) is 23.8. The van der Waals surface area contributed by atoms with Gasteiger partial charge in [-0.25, -0.2) is 15.0 Å². The van der Waals surface area contributed by atoms with Gasteiger partial charge in [-0.15, -0.1) is 0 Å². The van der Waals surface area contributed by atoms with Crippen molar-refractivity contribution in [2.45, 2.75) is 0 Å². The monoisotopic (exact) mass is 889 g/mol. The van der Waals surface area contributed by atoms with Crippen LogP contribution in [0.3, 0.4) is 0 Å². The maximum absolute atomic E-state index is 5.36. The maximum Gasteiger partial charge on any atom is 0.164 e. The Morgan fingerprint density at radius 1 is 0.243 bits per heavy atom. The summed E-state index contributed by atoms with van der Waals surface area (Å²) in [6.45, 7) is 0. The zero-order chi connectivity index (χ0) is 45.9. The molecule has 5 heteroatoms. The van der Waals surface area contributed by atoms with Crippen LogP contribution < -0.4 is 0 Å². The Hall–Kier alpha value is -9.45. The van der Waals surface area contributed by atoms with Crippen LogP contribution >= 0.6 is 0 Å². The van der Waals surface area contributed by atoms with Gasteiger partial charge < -0.3 is 9.13 Å². The average molecular weight is 890 g/mol. The lowest BCUT2D eigenvalue weighted by Crippen LogP contribution is -2.01. The molecule has 3 aromatic heterocycles. The highest BCUT2D eigenvalue weighted by atomic mass is 15.0. The molecule has 324 valence electrons. The van der Waals surface area contributed by atoms with E-state index in [0.29, 0.717) is 17.5 Å². The van der Waals surface area contributed by atoms with E-state index < -0.39 is 0 Å². The minimum absolute atomic E-state index is 0.622. The van der Waals surface area contributed by atoms with E-state index in [-0.39, 0.29) is 0 Å². The zero-order valence-electron chi connectivity index (χ0n) is 37.8. The van der Waals surface area contributed by atoms with Gasteiger partial charge in [-0.3, -0.25) is 0 Å². The molecular formula is C65H39N5. The predicted molar refractivity (Wildman–Crippen MR) is 292 cm³/mol. The number of hydrogen-bond acceptors (Lipinski definition) is 3. The van der Waals surface area contributed by atoms with E-state index in [1.165, 1.54) is 59.5 Å². The van der Waals surface area contributed by atoms with E-state index in [1.54, 1.807) is 0 Å². The van der Waals surface area contributed by atoms with Crippen molar-refractivity contribution in [3.05, 3.63) is 237 Å². The maximum atomic E-state index is 5.36. The van der Waals surface area contributed by atoms with Crippen molar-refractivity contribution in [3.63, 3.8) is 0 Å². The Morgan fingerprint density at radius 3 is 1.49 bits per heavy atom. The Morgan fingerprint density at radius 2 is 0.743 bits per heavy atom. The normalized spacial score (nSPS) is 12.0. The van der Waals surface area contributed by atoms with Gasteiger partial charge in [0.15, 0.2) is 17.5 Å². The molecule has 0 amide bonds. The molecule has 0 atom stereocenters. The van der Waals surface area contributed by atoms with Crippen LogP contribution in [0.1, 0.15) is 0 Å². The van der Waals surface area contributed by atoms with Crippen LogP contribution in [0.25, 0.3) is 143 Å². The van der Waals surface area contributed by atoms with E-state index in [4.69, 9.17) is 15.0 Å². The van der Waals surface area contributed by atoms with Crippen LogP contribution in [0.4, 0.5) is 0 Å². The molecule has 0 aliphatic heterocycles. The molecule has 0 saturated carbocycles. The summed E-state index contributed by atoms with van der Waals surface area (Å²) in [7, 11) is 0. The third-order valence-corrected chi connectivity index (χ3v) is 14.5. The Kier molecular flexibility index (Phi) is 8.29. The second-order valence-electron chi connectivity index (χ2n) is 18.4. The van der Waals surface area contributed by atoms with Crippen molar-refractivity contribution in [1.29, 1.82) is 0 Å². The predicted octanol–water partition coefficient (Wildman–Crippen LogP) is 16.8. The molecule has 0 radical (unpaired) electrons. The molecule has 15 rings (SSSR count). The van der Waals surface area contributed by atoms with E-state index in [1.807, 2.05) is 0 Å². The van der Waals surface area contributed by atoms with E-state index in [0.717, 1.165) is 66.0 Å². The number of para-hydroxylation sites is 2. The van der Waals surface area contributed by atoms with Crippen LogP contribution in [0.2, 0.25) is 0 Å². The van der Waals surface area contributed by atoms with Gasteiger partial charge in [-0.05, 0) is 109 Å². The van der Waals surface area contributed by atoms with E-state index >= 15 is 0 Å². The molecule has 0 fully saturated rings. The summed E-state index contributed by atoms with van der Waals surface area (Å²) >= 11 is 0. The summed E-state index contributed by atoms with van der Waals surface area (Å²) in [5, 5.41) is 16.5. The number of fused-ring (bicyclic) bond motifs is 12. The molecule has 0 aliphatic carbocycles. The molecule has 0 unspecified atom stereocenters. The summed E-state index contributed by atoms with van der Waals surface area (Å²) in [6.07, 6.45) is 0. The zero-order valence-corrected chi connectivity index (χ0v) is 37.8. The third-order valence-electron chi connectivity index (χ3n) is 14.5. The standard InChI is InChI=1S/C65H39N5/c1-2-15-41-34-46(29-28-40(41)14-1)63-66-64(68-65(67-63)57-37-45-18-5-6-20-49(45)51-21-7-8-22-52(51)57)47-30-32-50-44(35-47)19-13-27-58(50)70-61-38-43-17-4-3-16-42(43)36-56(61)55-33-31-48(39-62(55)70)69-59-25-11-9-23-53(59)54-24-10-12-26-60(54)69/h1-39H. The molecule has 70 heavy (non-hydrogen) atoms. The quantitative estimate of drug-likeness (QED) is 0.162. The summed E-state index contributed by atoms with van der Waals surface area (Å²) in [5.74, 6) is 1.89. The summed E-state index contributed by atoms with van der Waals surface area (Å²) < 4.78 is 4.88. The fraction of sp³-hybridized carbons (Fsp3) is 0. The number of rotatable bonds is 5. The third kappa shape index (κ3) is 5.88. The lowest BCUT2D eigenvalue weighted by molar-refractivity contribution is 1.08. The molecule has 15 aromatic rings. The minimum Gasteiger partial charge on any atom is -0.309 e. The van der Waals surface area contributed by atoms with E-state index in [9.17, 15) is 0 Å². The number of nitrogens with zero attached hydrogens (tertiary/aromatic N) is 5. The van der Waals surface area contributed by atoms with Crippen LogP contribution in [-0.2, 0) is 0 Å². The van der Waals surface area contributed by atoms with Crippen molar-refractivity contribution in [2.24, 2.45) is 0 Å². The van der Waals surface area contributed by atoms with Gasteiger partial charge in [-0.1, -0.05) is 176 Å². The second-order valence-corrected chi connectivity index (χ2v) is 18.4. The fourth-order valence-corrected chi connectivity index (χ4v) is 11.2. The van der Waals surface area contributed by atoms with Crippen molar-refractivity contribution in [2.75, 3.05) is 0 Å². The highest BCUT2D eigenvalue weighted by Gasteiger charge is 2.21. The van der Waals surface area contributed by atoms with Gasteiger partial charge >= 0.3 is 0 Å². The summed E-state index contributed by atoms with van der Waals surface area (Å²) in [6, 6.07) is 85.4. The Labute approximate surface area is 401 Å². The van der Waals surface area contributed by atoms with Crippen molar-refractivity contribution in [1.82, 2.24) is 24.1 Å². The van der Waals surface area contributed by atoms with Gasteiger partial charge in [0.2, 0.25) is 0 Å². The Bertz CT molecular complexity index is 4620. The highest BCUT2D eigenvalue weighted by molar-refractivity contribution is 6.16. The van der Waals surface area contributed by atoms with Crippen LogP contribution in [0, 0.1) is 0 Å². The van der Waals surface area contributed by atoms with Gasteiger partial charge in [0.25, 0.3) is 0 Å². The van der Waals surface area contributed by atoms with Gasteiger partial charge in [0.05, 0.1) is 27.8 Å². The Balaban J connectivity index is 0.951. The van der Waals surface area contributed by atoms with Gasteiger partial charge in [0.1, 0.15) is 0 Å². The molecule has 0 saturated heterocycles. The SMILES string of the molecule is c1ccc2cc(-c3nc(-c4ccc5c(-n6c7cc(-n8c9ccccc9c9ccccc98)ccc7c7cc8ccccc8cc76)cccc5c4)nc(-c4cc5ccccc5c5ccccc45)n3)ccc2c1. The molecular weight excluding hydrogens is 851 g/mol. The molecule has 12 aromatic carbocycles. The summed E-state index contributed by atoms with van der Waals surface area (Å²) in [4.78, 5) is 15.9. The van der Waals surface area contributed by atoms with E-state index in [2.05, 4.69) is 246 Å². The number of benzene rings is 12. The number of hydrogen-bond donors (Lipinski definition) is 0. The van der Waals surface area contributed by atoms with Crippen molar-refractivity contribution in [3.8, 4) is 45.5 Å². The van der Waals surface area contributed by atoms with Gasteiger partial charge in [-0.2, -0.15) is 0 Å². The van der Waals surface area contributed by atoms with Crippen molar-refractivity contribution < 1.29 is 0 Å². The molecule has 0 spiro atoms. The largest absolute Gasteiger partial charge is 0.309 e. The first-order chi connectivity index (χ1) is 34.7. The summed E-state index contributed by atoms with van der Waals surface area (Å²) in [5.41, 5.74) is 9.74. The molecule has 3 heterocycles. The first-order valence-electron chi connectivity index (χ1n) is 23.8. The average Bonchev–Trinajstić information content (AvgIpc) is 3.93. The lowest BCUT2D eigenvalue weighted by atomic mass is 9.96.